The lowest BCUT2D eigenvalue weighted by Crippen LogP contribution is -1.98. The summed E-state index contributed by atoms with van der Waals surface area (Å²) in [6.45, 7) is 5.28. The maximum Gasteiger partial charge on any atom is 0.159 e. The molecule has 0 N–H and O–H groups in total. The van der Waals surface area contributed by atoms with E-state index < -0.39 is 0 Å². The van der Waals surface area contributed by atoms with Gasteiger partial charge in [0.2, 0.25) is 0 Å². The van der Waals surface area contributed by atoms with E-state index in [-0.39, 0.29) is 0 Å². The molecule has 0 aliphatic carbocycles. The summed E-state index contributed by atoms with van der Waals surface area (Å²) < 4.78 is 5.84. The average molecular weight is 355 g/mol. The van der Waals surface area contributed by atoms with Crippen molar-refractivity contribution in [2.24, 2.45) is 0 Å². The van der Waals surface area contributed by atoms with E-state index in [1.807, 2.05) is 24.4 Å². The van der Waals surface area contributed by atoms with Gasteiger partial charge in [-0.1, -0.05) is 58.8 Å². The predicted molar refractivity (Wildman–Crippen MR) is 110 cm³/mol. The topological polar surface area (TPSA) is 35.0 Å². The van der Waals surface area contributed by atoms with Crippen LogP contribution < -0.4 is 4.74 Å². The van der Waals surface area contributed by atoms with E-state index in [2.05, 4.69) is 31.0 Å². The Kier molecular flexibility index (Phi) is 9.78. The lowest BCUT2D eigenvalue weighted by Gasteiger charge is -2.08. The molecule has 0 aliphatic heterocycles. The number of benzene rings is 1. The summed E-state index contributed by atoms with van der Waals surface area (Å²) in [5, 5.41) is 0. The fraction of sp³-hybridized carbons (Fsp3) is 0.565. The van der Waals surface area contributed by atoms with Gasteiger partial charge in [-0.2, -0.15) is 0 Å². The Morgan fingerprint density at radius 1 is 0.769 bits per heavy atom. The van der Waals surface area contributed by atoms with E-state index in [0.717, 1.165) is 42.3 Å². The summed E-state index contributed by atoms with van der Waals surface area (Å²) in [4.78, 5) is 9.16. The molecule has 0 spiro atoms. The van der Waals surface area contributed by atoms with Gasteiger partial charge < -0.3 is 4.74 Å². The van der Waals surface area contributed by atoms with E-state index in [0.29, 0.717) is 0 Å². The van der Waals surface area contributed by atoms with Gasteiger partial charge in [-0.05, 0) is 49.6 Å². The molecule has 26 heavy (non-hydrogen) atoms. The lowest BCUT2D eigenvalue weighted by atomic mass is 10.1. The minimum absolute atomic E-state index is 0.798. The molecule has 0 unspecified atom stereocenters. The Labute approximate surface area is 159 Å². The molecule has 0 saturated carbocycles. The fourth-order valence-electron chi connectivity index (χ4n) is 3.00. The van der Waals surface area contributed by atoms with Gasteiger partial charge in [0, 0.05) is 17.5 Å². The summed E-state index contributed by atoms with van der Waals surface area (Å²) in [6, 6.07) is 10.2. The summed E-state index contributed by atoms with van der Waals surface area (Å²) in [7, 11) is 0. The number of ether oxygens (including phenoxy) is 1. The third-order valence-corrected chi connectivity index (χ3v) is 4.63. The Morgan fingerprint density at radius 3 is 2.19 bits per heavy atom. The summed E-state index contributed by atoms with van der Waals surface area (Å²) in [5.41, 5.74) is 2.19. The number of aromatic nitrogens is 2. The zero-order valence-corrected chi connectivity index (χ0v) is 16.5. The Balaban J connectivity index is 1.81. The molecule has 1 heterocycles. The van der Waals surface area contributed by atoms with E-state index in [9.17, 15) is 0 Å². The second-order valence-electron chi connectivity index (χ2n) is 6.97. The third kappa shape index (κ3) is 7.55. The molecule has 0 aliphatic rings. The first kappa shape index (κ1) is 20.4. The van der Waals surface area contributed by atoms with Crippen molar-refractivity contribution in [1.82, 2.24) is 9.97 Å². The molecule has 3 nitrogen and oxygen atoms in total. The highest BCUT2D eigenvalue weighted by Crippen LogP contribution is 2.20. The van der Waals surface area contributed by atoms with Crippen molar-refractivity contribution in [1.29, 1.82) is 0 Å². The molecule has 0 saturated heterocycles. The first-order chi connectivity index (χ1) is 12.8. The maximum atomic E-state index is 5.84. The molecule has 0 atom stereocenters. The summed E-state index contributed by atoms with van der Waals surface area (Å²) in [5.74, 6) is 1.74. The fourth-order valence-corrected chi connectivity index (χ4v) is 3.00. The van der Waals surface area contributed by atoms with Crippen LogP contribution in [0.1, 0.15) is 77.3 Å². The lowest BCUT2D eigenvalue weighted by molar-refractivity contribution is 0.304. The molecule has 3 heteroatoms. The first-order valence-corrected chi connectivity index (χ1v) is 10.4. The number of hydrogen-bond donors (Lipinski definition) is 0. The van der Waals surface area contributed by atoms with Crippen LogP contribution in [0.15, 0.2) is 36.5 Å². The molecule has 2 aromatic rings. The highest BCUT2D eigenvalue weighted by atomic mass is 16.5. The van der Waals surface area contributed by atoms with Crippen LogP contribution in [0.4, 0.5) is 0 Å². The summed E-state index contributed by atoms with van der Waals surface area (Å²) in [6.07, 6.45) is 14.3. The standard InChI is InChI=1S/C23H34N2O/c1-3-5-7-9-11-19-26-22-15-13-20(14-16-22)23-24-18-17-21(25-23)12-10-8-6-4-2/h13-18H,3-12,19H2,1-2H3. The number of rotatable bonds is 13. The van der Waals surface area contributed by atoms with E-state index >= 15 is 0 Å². The molecule has 0 amide bonds. The average Bonchev–Trinajstić information content (AvgIpc) is 2.69. The van der Waals surface area contributed by atoms with E-state index in [4.69, 9.17) is 9.72 Å². The van der Waals surface area contributed by atoms with Crippen molar-refractivity contribution in [3.63, 3.8) is 0 Å². The molecule has 142 valence electrons. The Hall–Kier alpha value is -1.90. The van der Waals surface area contributed by atoms with Crippen molar-refractivity contribution in [2.75, 3.05) is 6.61 Å². The van der Waals surface area contributed by atoms with Crippen LogP contribution >= 0.6 is 0 Å². The van der Waals surface area contributed by atoms with Crippen LogP contribution in [0.25, 0.3) is 11.4 Å². The third-order valence-electron chi connectivity index (χ3n) is 4.63. The van der Waals surface area contributed by atoms with Gasteiger partial charge in [-0.15, -0.1) is 0 Å². The van der Waals surface area contributed by atoms with E-state index in [1.165, 1.54) is 51.4 Å². The Bertz CT molecular complexity index is 610. The number of unbranched alkanes of at least 4 members (excludes halogenated alkanes) is 7. The molecule has 2 rings (SSSR count). The predicted octanol–water partition coefficient (Wildman–Crippen LogP) is 6.62. The van der Waals surface area contributed by atoms with Crippen molar-refractivity contribution in [3.8, 4) is 17.1 Å². The van der Waals surface area contributed by atoms with Crippen molar-refractivity contribution in [2.45, 2.75) is 78.1 Å². The quantitative estimate of drug-likeness (QED) is 0.379. The van der Waals surface area contributed by atoms with Crippen LogP contribution in [0.3, 0.4) is 0 Å². The maximum absolute atomic E-state index is 5.84. The van der Waals surface area contributed by atoms with Crippen molar-refractivity contribution < 1.29 is 4.74 Å². The zero-order chi connectivity index (χ0) is 18.5. The molecule has 0 bridgehead atoms. The molecule has 0 radical (unpaired) electrons. The molecular formula is C23H34N2O. The van der Waals surface area contributed by atoms with Gasteiger partial charge in [-0.3, -0.25) is 0 Å². The number of hydrogen-bond acceptors (Lipinski definition) is 3. The van der Waals surface area contributed by atoms with Gasteiger partial charge in [0.15, 0.2) is 5.82 Å². The van der Waals surface area contributed by atoms with Gasteiger partial charge in [0.1, 0.15) is 5.75 Å². The smallest absolute Gasteiger partial charge is 0.159 e. The SMILES string of the molecule is CCCCCCCOc1ccc(-c2nccc(CCCCCC)n2)cc1. The minimum atomic E-state index is 0.798. The molecular weight excluding hydrogens is 320 g/mol. The van der Waals surface area contributed by atoms with Crippen LogP contribution in [0, 0.1) is 0 Å². The first-order valence-electron chi connectivity index (χ1n) is 10.4. The minimum Gasteiger partial charge on any atom is -0.494 e. The van der Waals surface area contributed by atoms with Gasteiger partial charge in [0.05, 0.1) is 6.61 Å². The van der Waals surface area contributed by atoms with Crippen LogP contribution in [-0.4, -0.2) is 16.6 Å². The van der Waals surface area contributed by atoms with Crippen LogP contribution in [0.2, 0.25) is 0 Å². The van der Waals surface area contributed by atoms with Crippen molar-refractivity contribution in [3.05, 3.63) is 42.2 Å². The molecule has 1 aromatic carbocycles. The monoisotopic (exact) mass is 354 g/mol. The summed E-state index contributed by atoms with van der Waals surface area (Å²) >= 11 is 0. The highest BCUT2D eigenvalue weighted by Gasteiger charge is 2.04. The number of nitrogens with zero attached hydrogens (tertiary/aromatic N) is 2. The van der Waals surface area contributed by atoms with Crippen LogP contribution in [0.5, 0.6) is 5.75 Å². The van der Waals surface area contributed by atoms with Gasteiger partial charge >= 0.3 is 0 Å². The Morgan fingerprint density at radius 2 is 1.46 bits per heavy atom. The normalized spacial score (nSPS) is 10.8. The highest BCUT2D eigenvalue weighted by molar-refractivity contribution is 5.56. The van der Waals surface area contributed by atoms with E-state index in [1.54, 1.807) is 0 Å². The second kappa shape index (κ2) is 12.5. The largest absolute Gasteiger partial charge is 0.494 e. The van der Waals surface area contributed by atoms with Gasteiger partial charge in [0.25, 0.3) is 0 Å². The second-order valence-corrected chi connectivity index (χ2v) is 6.97. The van der Waals surface area contributed by atoms with Crippen LogP contribution in [-0.2, 0) is 6.42 Å². The molecule has 1 aromatic heterocycles. The number of aryl methyl sites for hydroxylation is 1. The van der Waals surface area contributed by atoms with Gasteiger partial charge in [-0.25, -0.2) is 9.97 Å². The zero-order valence-electron chi connectivity index (χ0n) is 16.5. The molecule has 0 fully saturated rings. The van der Waals surface area contributed by atoms with Crippen molar-refractivity contribution >= 4 is 0 Å².